The molecule has 2 N–H and O–H groups in total. The first-order chi connectivity index (χ1) is 16.2. The van der Waals surface area contributed by atoms with Crippen molar-refractivity contribution < 1.29 is 48.1 Å². The van der Waals surface area contributed by atoms with Crippen LogP contribution in [-0.2, 0) is 0 Å². The Labute approximate surface area is 198 Å². The number of phenols is 1. The maximum absolute atomic E-state index is 9.98. The lowest BCUT2D eigenvalue weighted by Crippen LogP contribution is -2.68. The van der Waals surface area contributed by atoms with Gasteiger partial charge in [-0.1, -0.05) is 12.1 Å². The van der Waals surface area contributed by atoms with Crippen LogP contribution in [0.25, 0.3) is 32.5 Å². The normalized spacial score (nSPS) is 12.0. The van der Waals surface area contributed by atoms with Gasteiger partial charge in [0, 0.05) is 11.6 Å². The summed E-state index contributed by atoms with van der Waals surface area (Å²) in [6, 6.07) is 22.7. The summed E-state index contributed by atoms with van der Waals surface area (Å²) in [4.78, 5) is 8.17. The predicted molar refractivity (Wildman–Crippen MR) is 113 cm³/mol. The number of aromatic nitrogens is 1. The quantitative estimate of drug-likeness (QED) is 0.373. The first kappa shape index (κ1) is 23.6. The zero-order valence-corrected chi connectivity index (χ0v) is 19.1. The van der Waals surface area contributed by atoms with E-state index in [-0.39, 0.29) is 5.75 Å². The molecule has 0 aliphatic carbocycles. The molecule has 0 fully saturated rings. The molecule has 0 radical (unpaired) electrons. The van der Waals surface area contributed by atoms with Crippen molar-refractivity contribution in [3.63, 3.8) is 0 Å². The van der Waals surface area contributed by atoms with Crippen molar-refractivity contribution in [1.82, 2.24) is 0 Å². The molecular weight excluding hydrogens is 484 g/mol. The van der Waals surface area contributed by atoms with Gasteiger partial charge in [-0.25, -0.2) is 23.6 Å². The average Bonchev–Trinajstić information content (AvgIpc) is 3.20. The van der Waals surface area contributed by atoms with E-state index < -0.39 is 10.2 Å². The SMILES string of the molecule is COc1ccc(-c2c/c(=N\c3[nH+]c4ccccc4s3)c3cc(O)ccc3o2)cc1.[O-][Cl+3]([O-])([O-])[O-]. The minimum atomic E-state index is -4.94. The third-order valence-corrected chi connectivity index (χ3v) is 5.62. The van der Waals surface area contributed by atoms with Gasteiger partial charge in [0.1, 0.15) is 28.4 Å². The van der Waals surface area contributed by atoms with Crippen LogP contribution in [0.3, 0.4) is 0 Å². The van der Waals surface area contributed by atoms with Crippen LogP contribution in [0.1, 0.15) is 0 Å². The largest absolute Gasteiger partial charge is 0.508 e. The number of nitrogens with zero attached hydrogens (tertiary/aromatic N) is 1. The average molecular weight is 501 g/mol. The summed E-state index contributed by atoms with van der Waals surface area (Å²) in [6.45, 7) is 0. The summed E-state index contributed by atoms with van der Waals surface area (Å²) in [6.07, 6.45) is 0. The molecule has 11 heteroatoms. The first-order valence-corrected chi connectivity index (χ1v) is 11.7. The number of methoxy groups -OCH3 is 1. The summed E-state index contributed by atoms with van der Waals surface area (Å²) < 4.78 is 46.4. The van der Waals surface area contributed by atoms with Gasteiger partial charge < -0.3 is 14.3 Å². The van der Waals surface area contributed by atoms with Gasteiger partial charge in [-0.3, -0.25) is 0 Å². The van der Waals surface area contributed by atoms with E-state index in [9.17, 15) is 5.11 Å². The third kappa shape index (κ3) is 5.88. The number of hydrogen-bond donors (Lipinski definition) is 1. The summed E-state index contributed by atoms with van der Waals surface area (Å²) in [5, 5.41) is 12.2. The maximum atomic E-state index is 9.98. The van der Waals surface area contributed by atoms with Crippen LogP contribution in [0.15, 0.2) is 82.2 Å². The summed E-state index contributed by atoms with van der Waals surface area (Å²) in [5.41, 5.74) is 2.60. The lowest BCUT2D eigenvalue weighted by molar-refractivity contribution is -2.00. The monoisotopic (exact) mass is 500 g/mol. The number of phenolic OH excluding ortho intramolecular Hbond substituents is 1. The number of H-pyrrole nitrogens is 1. The Kier molecular flexibility index (Phi) is 6.80. The molecule has 5 aromatic rings. The van der Waals surface area contributed by atoms with E-state index in [0.29, 0.717) is 11.3 Å². The number of aromatic hydroxyl groups is 1. The summed E-state index contributed by atoms with van der Waals surface area (Å²) in [7, 11) is -3.31. The van der Waals surface area contributed by atoms with Crippen molar-refractivity contribution in [2.45, 2.75) is 0 Å². The Morgan fingerprint density at radius 3 is 2.35 bits per heavy atom. The fourth-order valence-electron chi connectivity index (χ4n) is 3.21. The molecule has 0 atom stereocenters. The molecule has 0 aliphatic heterocycles. The van der Waals surface area contributed by atoms with Crippen molar-refractivity contribution in [2.24, 2.45) is 4.99 Å². The fourth-order valence-corrected chi connectivity index (χ4v) is 4.10. The van der Waals surface area contributed by atoms with Gasteiger partial charge in [0.05, 0.1) is 17.2 Å². The van der Waals surface area contributed by atoms with Crippen molar-refractivity contribution in [2.75, 3.05) is 7.11 Å². The van der Waals surface area contributed by atoms with E-state index in [4.69, 9.17) is 32.8 Å². The van der Waals surface area contributed by atoms with Gasteiger partial charge in [-0.2, -0.15) is 0 Å². The Morgan fingerprint density at radius 1 is 0.971 bits per heavy atom. The second-order valence-electron chi connectivity index (χ2n) is 6.92. The van der Waals surface area contributed by atoms with E-state index in [1.54, 1.807) is 36.6 Å². The molecule has 0 unspecified atom stereocenters. The molecule has 34 heavy (non-hydrogen) atoms. The number of halogens is 1. The van der Waals surface area contributed by atoms with E-state index in [2.05, 4.69) is 11.1 Å². The molecular formula is C23H17ClN2O7S. The Balaban J connectivity index is 0.000000499. The fraction of sp³-hybridized carbons (Fsp3) is 0.0435. The lowest BCUT2D eigenvalue weighted by Gasteiger charge is -2.17. The lowest BCUT2D eigenvalue weighted by atomic mass is 10.1. The van der Waals surface area contributed by atoms with E-state index in [0.717, 1.165) is 37.4 Å². The summed E-state index contributed by atoms with van der Waals surface area (Å²) >= 11 is 1.58. The van der Waals surface area contributed by atoms with Crippen molar-refractivity contribution in [3.05, 3.63) is 78.2 Å². The minimum Gasteiger partial charge on any atom is -0.508 e. The third-order valence-electron chi connectivity index (χ3n) is 4.66. The molecule has 2 heterocycles. The number of thiazole rings is 1. The first-order valence-electron chi connectivity index (χ1n) is 9.68. The highest BCUT2D eigenvalue weighted by Crippen LogP contribution is 2.27. The molecule has 0 saturated heterocycles. The highest BCUT2D eigenvalue weighted by atomic mass is 35.7. The Bertz CT molecular complexity index is 1470. The molecule has 5 rings (SSSR count). The maximum Gasteiger partial charge on any atom is 0.381 e. The van der Waals surface area contributed by atoms with Gasteiger partial charge in [0.15, 0.2) is 5.36 Å². The molecule has 0 saturated carbocycles. The zero-order chi connectivity index (χ0) is 24.3. The van der Waals surface area contributed by atoms with Gasteiger partial charge in [0.25, 0.3) is 0 Å². The van der Waals surface area contributed by atoms with Crippen LogP contribution in [0.4, 0.5) is 5.13 Å². The van der Waals surface area contributed by atoms with Crippen LogP contribution < -0.4 is 33.7 Å². The molecule has 2 aromatic heterocycles. The van der Waals surface area contributed by atoms with Gasteiger partial charge in [-0.05, 0) is 70.9 Å². The van der Waals surface area contributed by atoms with Gasteiger partial charge in [0.2, 0.25) is 0 Å². The van der Waals surface area contributed by atoms with Crippen LogP contribution in [0.5, 0.6) is 11.5 Å². The summed E-state index contributed by atoms with van der Waals surface area (Å²) in [5.74, 6) is 1.64. The number of fused-ring (bicyclic) bond motifs is 2. The molecule has 3 aromatic carbocycles. The van der Waals surface area contributed by atoms with Crippen LogP contribution in [-0.4, -0.2) is 12.2 Å². The van der Waals surface area contributed by atoms with Gasteiger partial charge >= 0.3 is 5.13 Å². The number of hydrogen-bond acceptors (Lipinski definition) is 9. The number of aromatic amines is 1. The molecule has 0 spiro atoms. The Morgan fingerprint density at radius 2 is 1.68 bits per heavy atom. The highest BCUT2D eigenvalue weighted by molar-refractivity contribution is 7.21. The molecule has 0 amide bonds. The predicted octanol–water partition coefficient (Wildman–Crippen LogP) is 0.319. The van der Waals surface area contributed by atoms with Crippen molar-refractivity contribution in [1.29, 1.82) is 0 Å². The number of nitrogens with one attached hydrogen (secondary N) is 1. The van der Waals surface area contributed by atoms with Crippen LogP contribution in [0.2, 0.25) is 0 Å². The van der Waals surface area contributed by atoms with Crippen molar-refractivity contribution >= 4 is 37.7 Å². The number of rotatable bonds is 3. The molecule has 0 aliphatic rings. The van der Waals surface area contributed by atoms with Gasteiger partial charge in [-0.15, -0.1) is 10.2 Å². The number of benzene rings is 3. The standard InChI is InChI=1S/C23H16N2O3S.ClHO4/c1-27-16-9-6-14(7-10-16)21-13-19(17-12-15(26)8-11-20(17)28-21)25-23-24-18-4-2-3-5-22(18)29-23;2-1(3,4)5/h2-13,26H,1H3;(H,2,3,4,5)/b25-19+;. The highest BCUT2D eigenvalue weighted by Gasteiger charge is 2.13. The van der Waals surface area contributed by atoms with E-state index in [1.807, 2.05) is 48.5 Å². The molecule has 174 valence electrons. The number of para-hydroxylation sites is 1. The minimum absolute atomic E-state index is 0.168. The van der Waals surface area contributed by atoms with E-state index >= 15 is 0 Å². The number of ether oxygens (including phenoxy) is 1. The van der Waals surface area contributed by atoms with Crippen LogP contribution in [0, 0.1) is 10.2 Å². The zero-order valence-electron chi connectivity index (χ0n) is 17.6. The van der Waals surface area contributed by atoms with E-state index in [1.165, 1.54) is 0 Å². The van der Waals surface area contributed by atoms with Crippen molar-refractivity contribution in [3.8, 4) is 22.8 Å². The smallest absolute Gasteiger partial charge is 0.381 e. The second-order valence-corrected chi connectivity index (χ2v) is 8.71. The molecule has 9 nitrogen and oxygen atoms in total. The van der Waals surface area contributed by atoms with Crippen LogP contribution >= 0.6 is 11.3 Å². The second kappa shape index (κ2) is 9.77. The molecule has 0 bridgehead atoms. The Hall–Kier alpha value is -3.51. The topological polar surface area (TPSA) is 161 Å².